The Kier molecular flexibility index (Phi) is 6.06. The van der Waals surface area contributed by atoms with Crippen molar-refractivity contribution in [2.45, 2.75) is 38.3 Å². The zero-order valence-corrected chi connectivity index (χ0v) is 14.9. The Labute approximate surface area is 157 Å². The number of halogens is 1. The van der Waals surface area contributed by atoms with Crippen LogP contribution in [0.2, 0.25) is 0 Å². The second-order valence-electron chi connectivity index (χ2n) is 6.65. The third-order valence-electron chi connectivity index (χ3n) is 4.75. The van der Waals surface area contributed by atoms with E-state index in [1.54, 1.807) is 47.4 Å². The van der Waals surface area contributed by atoms with Crippen molar-refractivity contribution in [2.24, 2.45) is 0 Å². The van der Waals surface area contributed by atoms with Crippen LogP contribution in [0, 0.1) is 5.82 Å². The lowest BCUT2D eigenvalue weighted by Crippen LogP contribution is -2.44. The fraction of sp³-hybridized carbons (Fsp3) is 0.333. The number of carbonyl (C=O) groups excluding carboxylic acids is 1. The van der Waals surface area contributed by atoms with Crippen LogP contribution in [-0.2, 0) is 11.4 Å². The van der Waals surface area contributed by atoms with Gasteiger partial charge in [0.1, 0.15) is 18.2 Å². The number of rotatable bonds is 6. The molecule has 1 N–H and O–H groups in total. The second-order valence-corrected chi connectivity index (χ2v) is 6.65. The largest absolute Gasteiger partial charge is 0.489 e. The molecular formula is C21H22FNO4. The topological polar surface area (TPSA) is 66.8 Å². The molecule has 27 heavy (non-hydrogen) atoms. The summed E-state index contributed by atoms with van der Waals surface area (Å²) in [5, 5.41) is 9.06. The summed E-state index contributed by atoms with van der Waals surface area (Å²) in [7, 11) is 0. The van der Waals surface area contributed by atoms with Crippen LogP contribution >= 0.6 is 0 Å². The fourth-order valence-electron chi connectivity index (χ4n) is 3.32. The number of benzene rings is 2. The molecule has 6 heteroatoms. The standard InChI is InChI=1S/C21H22FNO4/c22-19-7-2-1-5-16(19)14-27-18-10-8-15(9-11-18)21(26)23-12-4-3-6-17(23)13-20(24)25/h1-2,5,7-11,17H,3-4,6,12-14H2,(H,24,25)/t17-/m1/s1. The lowest BCUT2D eigenvalue weighted by molar-refractivity contribution is -0.138. The molecule has 0 radical (unpaired) electrons. The highest BCUT2D eigenvalue weighted by atomic mass is 19.1. The van der Waals surface area contributed by atoms with Crippen molar-refractivity contribution in [1.29, 1.82) is 0 Å². The molecule has 0 bridgehead atoms. The van der Waals surface area contributed by atoms with E-state index < -0.39 is 5.97 Å². The molecule has 2 aromatic carbocycles. The number of carboxylic acid groups (broad SMARTS) is 1. The van der Waals surface area contributed by atoms with E-state index in [4.69, 9.17) is 9.84 Å². The molecule has 0 saturated carbocycles. The SMILES string of the molecule is O=C(O)C[C@H]1CCCCN1C(=O)c1ccc(OCc2ccccc2F)cc1. The molecule has 1 heterocycles. The predicted molar refractivity (Wildman–Crippen MR) is 98.1 cm³/mol. The normalized spacial score (nSPS) is 16.8. The highest BCUT2D eigenvalue weighted by Gasteiger charge is 2.29. The van der Waals surface area contributed by atoms with Crippen molar-refractivity contribution in [3.63, 3.8) is 0 Å². The molecule has 3 rings (SSSR count). The summed E-state index contributed by atoms with van der Waals surface area (Å²) in [6.07, 6.45) is 2.49. The van der Waals surface area contributed by atoms with Gasteiger partial charge in [-0.05, 0) is 49.6 Å². The smallest absolute Gasteiger partial charge is 0.305 e. The van der Waals surface area contributed by atoms with Crippen LogP contribution in [0.3, 0.4) is 0 Å². The van der Waals surface area contributed by atoms with Gasteiger partial charge < -0.3 is 14.7 Å². The van der Waals surface area contributed by atoms with Gasteiger partial charge in [0.2, 0.25) is 0 Å². The van der Waals surface area contributed by atoms with Gasteiger partial charge in [0.15, 0.2) is 0 Å². The van der Waals surface area contributed by atoms with E-state index in [2.05, 4.69) is 0 Å². The number of piperidine rings is 1. The van der Waals surface area contributed by atoms with Crippen LogP contribution < -0.4 is 4.74 Å². The zero-order valence-electron chi connectivity index (χ0n) is 14.9. The maximum Gasteiger partial charge on any atom is 0.305 e. The van der Waals surface area contributed by atoms with Gasteiger partial charge in [0.05, 0.1) is 6.42 Å². The first-order chi connectivity index (χ1) is 13.0. The number of hydrogen-bond donors (Lipinski definition) is 1. The molecule has 1 fully saturated rings. The Morgan fingerprint density at radius 2 is 1.85 bits per heavy atom. The van der Waals surface area contributed by atoms with Gasteiger partial charge in [-0.15, -0.1) is 0 Å². The molecule has 0 unspecified atom stereocenters. The van der Waals surface area contributed by atoms with Crippen molar-refractivity contribution >= 4 is 11.9 Å². The summed E-state index contributed by atoms with van der Waals surface area (Å²) in [5.74, 6) is -0.840. The first kappa shape index (κ1) is 18.9. The molecule has 142 valence electrons. The number of carbonyl (C=O) groups is 2. The minimum absolute atomic E-state index is 0.0322. The minimum atomic E-state index is -0.892. The predicted octanol–water partition coefficient (Wildman–Crippen LogP) is 3.87. The highest BCUT2D eigenvalue weighted by Crippen LogP contribution is 2.23. The van der Waals surface area contributed by atoms with Crippen molar-refractivity contribution in [1.82, 2.24) is 4.90 Å². The molecular weight excluding hydrogens is 349 g/mol. The second kappa shape index (κ2) is 8.66. The summed E-state index contributed by atoms with van der Waals surface area (Å²) in [5.41, 5.74) is 0.952. The van der Waals surface area contributed by atoms with Crippen LogP contribution in [0.4, 0.5) is 4.39 Å². The van der Waals surface area contributed by atoms with E-state index >= 15 is 0 Å². The van der Waals surface area contributed by atoms with Gasteiger partial charge in [-0.3, -0.25) is 9.59 Å². The number of nitrogens with zero attached hydrogens (tertiary/aromatic N) is 1. The van der Waals surface area contributed by atoms with Crippen LogP contribution in [0.25, 0.3) is 0 Å². The third kappa shape index (κ3) is 4.84. The summed E-state index contributed by atoms with van der Waals surface area (Å²) in [6.45, 7) is 0.676. The van der Waals surface area contributed by atoms with Gasteiger partial charge in [-0.2, -0.15) is 0 Å². The van der Waals surface area contributed by atoms with Gasteiger partial charge in [0.25, 0.3) is 5.91 Å². The molecule has 1 aliphatic rings. The first-order valence-electron chi connectivity index (χ1n) is 9.03. The van der Waals surface area contributed by atoms with Crippen LogP contribution in [0.15, 0.2) is 48.5 Å². The van der Waals surface area contributed by atoms with E-state index in [0.717, 1.165) is 12.8 Å². The lowest BCUT2D eigenvalue weighted by atomic mass is 9.98. The van der Waals surface area contributed by atoms with Crippen molar-refractivity contribution < 1.29 is 23.8 Å². The van der Waals surface area contributed by atoms with Gasteiger partial charge in [-0.1, -0.05) is 18.2 Å². The maximum atomic E-state index is 13.6. The van der Waals surface area contributed by atoms with Crippen LogP contribution in [0.1, 0.15) is 41.6 Å². The molecule has 0 spiro atoms. The molecule has 1 saturated heterocycles. The number of aliphatic carboxylic acids is 1. The third-order valence-corrected chi connectivity index (χ3v) is 4.75. The lowest BCUT2D eigenvalue weighted by Gasteiger charge is -2.35. The summed E-state index contributed by atoms with van der Waals surface area (Å²) in [6, 6.07) is 12.8. The van der Waals surface area contributed by atoms with E-state index in [1.165, 1.54) is 6.07 Å². The summed E-state index contributed by atoms with van der Waals surface area (Å²) in [4.78, 5) is 25.5. The van der Waals surface area contributed by atoms with Crippen molar-refractivity contribution in [2.75, 3.05) is 6.54 Å². The molecule has 1 amide bonds. The Hall–Kier alpha value is -2.89. The Morgan fingerprint density at radius 3 is 2.56 bits per heavy atom. The average Bonchev–Trinajstić information content (AvgIpc) is 2.67. The summed E-state index contributed by atoms with van der Waals surface area (Å²) < 4.78 is 19.2. The van der Waals surface area contributed by atoms with Gasteiger partial charge in [0, 0.05) is 23.7 Å². The molecule has 2 aromatic rings. The number of hydrogen-bond acceptors (Lipinski definition) is 3. The number of ether oxygens (including phenoxy) is 1. The Bertz CT molecular complexity index is 806. The molecule has 0 aromatic heterocycles. The van der Waals surface area contributed by atoms with Crippen LogP contribution in [-0.4, -0.2) is 34.5 Å². The number of amides is 1. The monoisotopic (exact) mass is 371 g/mol. The molecule has 1 atom stereocenters. The van der Waals surface area contributed by atoms with Crippen molar-refractivity contribution in [3.05, 3.63) is 65.5 Å². The van der Waals surface area contributed by atoms with E-state index in [9.17, 15) is 14.0 Å². The van der Waals surface area contributed by atoms with Gasteiger partial charge in [-0.25, -0.2) is 4.39 Å². The minimum Gasteiger partial charge on any atom is -0.489 e. The van der Waals surface area contributed by atoms with E-state index in [1.807, 2.05) is 0 Å². The molecule has 1 aliphatic heterocycles. The average molecular weight is 371 g/mol. The number of carboxylic acids is 1. The maximum absolute atomic E-state index is 13.6. The zero-order chi connectivity index (χ0) is 19.2. The number of likely N-dealkylation sites (tertiary alicyclic amines) is 1. The Morgan fingerprint density at radius 1 is 1.11 bits per heavy atom. The Balaban J connectivity index is 1.64. The highest BCUT2D eigenvalue weighted by molar-refractivity contribution is 5.94. The molecule has 5 nitrogen and oxygen atoms in total. The summed E-state index contributed by atoms with van der Waals surface area (Å²) >= 11 is 0. The quantitative estimate of drug-likeness (QED) is 0.837. The molecule has 0 aliphatic carbocycles. The van der Waals surface area contributed by atoms with Gasteiger partial charge >= 0.3 is 5.97 Å². The van der Waals surface area contributed by atoms with E-state index in [0.29, 0.717) is 29.8 Å². The first-order valence-corrected chi connectivity index (χ1v) is 9.03. The van der Waals surface area contributed by atoms with Crippen LogP contribution in [0.5, 0.6) is 5.75 Å². The van der Waals surface area contributed by atoms with E-state index in [-0.39, 0.29) is 30.8 Å². The fourth-order valence-corrected chi connectivity index (χ4v) is 3.32. The van der Waals surface area contributed by atoms with Crippen molar-refractivity contribution in [3.8, 4) is 5.75 Å².